The highest BCUT2D eigenvalue weighted by molar-refractivity contribution is 7.99. The van der Waals surface area contributed by atoms with Gasteiger partial charge in [-0.05, 0) is 66.1 Å². The van der Waals surface area contributed by atoms with E-state index in [-0.39, 0.29) is 30.2 Å². The molecule has 0 aliphatic carbocycles. The van der Waals surface area contributed by atoms with Crippen molar-refractivity contribution in [1.29, 1.82) is 0 Å². The summed E-state index contributed by atoms with van der Waals surface area (Å²) in [6, 6.07) is 21.0. The summed E-state index contributed by atoms with van der Waals surface area (Å²) in [4.78, 5) is 17.9. The highest BCUT2D eigenvalue weighted by Gasteiger charge is 2.19. The predicted molar refractivity (Wildman–Crippen MR) is 207 cm³/mol. The number of imidazole rings is 1. The van der Waals surface area contributed by atoms with Gasteiger partial charge in [0.25, 0.3) is 0 Å². The van der Waals surface area contributed by atoms with E-state index in [2.05, 4.69) is 4.98 Å². The summed E-state index contributed by atoms with van der Waals surface area (Å²) in [6.45, 7) is 3.18. The first-order valence-corrected chi connectivity index (χ1v) is 18.8. The molecule has 15 heteroatoms. The van der Waals surface area contributed by atoms with E-state index in [4.69, 9.17) is 67.5 Å². The standard InChI is InChI=1S/C22H18Cl2F2O2S.C15H16Cl3N3O2/c23-16-5-1-14(2-6-16)22(15-3-7-17(24)8-4-15)29-13-19(27)12-28-21-10-9-18(25)11-20(21)26;1-2-4-20(15(22)21-5-3-19-10-21)6-7-23-14-12(17)8-11(16)9-13(14)18/h1-11,19,22,27H,12-13H2;3,5,8-10H,2,4,6-7H2,1H3. The van der Waals surface area contributed by atoms with Crippen LogP contribution in [0.1, 0.15) is 29.7 Å². The quantitative estimate of drug-likeness (QED) is 0.120. The van der Waals surface area contributed by atoms with Crippen molar-refractivity contribution in [2.75, 3.05) is 32.1 Å². The number of aliphatic hydroxyl groups is 1. The first kappa shape index (κ1) is 41.5. The molecule has 0 fully saturated rings. The molecule has 5 aromatic rings. The zero-order valence-corrected chi connectivity index (χ0v) is 32.3. The third-order valence-electron chi connectivity index (χ3n) is 7.19. The van der Waals surface area contributed by atoms with Crippen LogP contribution in [0.5, 0.6) is 11.5 Å². The van der Waals surface area contributed by atoms with Gasteiger partial charge >= 0.3 is 6.03 Å². The van der Waals surface area contributed by atoms with Crippen LogP contribution in [0.15, 0.2) is 97.6 Å². The number of nitrogens with zero attached hydrogens (tertiary/aromatic N) is 3. The molecule has 0 bridgehead atoms. The summed E-state index contributed by atoms with van der Waals surface area (Å²) in [7, 11) is 0. The average molecular weight is 832 g/mol. The van der Waals surface area contributed by atoms with Crippen molar-refractivity contribution in [3.63, 3.8) is 0 Å². The molecule has 1 amide bonds. The van der Waals surface area contributed by atoms with Crippen LogP contribution in [-0.2, 0) is 0 Å². The maximum absolute atomic E-state index is 13.6. The highest BCUT2D eigenvalue weighted by Crippen LogP contribution is 2.38. The Morgan fingerprint density at radius 1 is 0.865 bits per heavy atom. The maximum Gasteiger partial charge on any atom is 0.329 e. The summed E-state index contributed by atoms with van der Waals surface area (Å²) < 4.78 is 39.0. The van der Waals surface area contributed by atoms with E-state index >= 15 is 0 Å². The van der Waals surface area contributed by atoms with Gasteiger partial charge in [0.2, 0.25) is 0 Å². The van der Waals surface area contributed by atoms with Crippen LogP contribution in [0, 0.1) is 11.6 Å². The Bertz CT molecular complexity index is 1800. The largest absolute Gasteiger partial charge is 0.489 e. The molecule has 0 radical (unpaired) electrons. The van der Waals surface area contributed by atoms with Crippen molar-refractivity contribution in [3.8, 4) is 11.5 Å². The molecule has 276 valence electrons. The van der Waals surface area contributed by atoms with Crippen LogP contribution in [0.4, 0.5) is 13.6 Å². The summed E-state index contributed by atoms with van der Waals surface area (Å²) in [5.74, 6) is -0.866. The smallest absolute Gasteiger partial charge is 0.329 e. The monoisotopic (exact) mass is 829 g/mol. The Morgan fingerprint density at radius 3 is 2.02 bits per heavy atom. The second kappa shape index (κ2) is 20.9. The number of amides is 1. The van der Waals surface area contributed by atoms with Crippen LogP contribution in [0.25, 0.3) is 0 Å². The van der Waals surface area contributed by atoms with E-state index in [1.54, 1.807) is 29.4 Å². The Hall–Kier alpha value is -3.22. The van der Waals surface area contributed by atoms with Crippen molar-refractivity contribution in [3.05, 3.63) is 145 Å². The second-order valence-electron chi connectivity index (χ2n) is 11.1. The number of aromatic nitrogens is 2. The van der Waals surface area contributed by atoms with Gasteiger partial charge in [-0.25, -0.2) is 18.6 Å². The molecule has 0 saturated carbocycles. The Labute approximate surface area is 330 Å². The lowest BCUT2D eigenvalue weighted by Crippen LogP contribution is -2.37. The van der Waals surface area contributed by atoms with Gasteiger partial charge in [-0.15, -0.1) is 11.8 Å². The van der Waals surface area contributed by atoms with Crippen LogP contribution >= 0.6 is 69.8 Å². The first-order valence-electron chi connectivity index (χ1n) is 15.9. The van der Waals surface area contributed by atoms with Gasteiger partial charge < -0.3 is 19.5 Å². The molecule has 4 aromatic carbocycles. The van der Waals surface area contributed by atoms with Gasteiger partial charge in [-0.2, -0.15) is 0 Å². The molecular formula is C37H34Cl5F2N3O4S. The van der Waals surface area contributed by atoms with E-state index in [9.17, 15) is 18.7 Å². The van der Waals surface area contributed by atoms with Gasteiger partial charge in [-0.1, -0.05) is 89.2 Å². The minimum atomic E-state index is -0.841. The van der Waals surface area contributed by atoms with Gasteiger partial charge in [0.05, 0.1) is 27.9 Å². The second-order valence-corrected chi connectivity index (χ2v) is 14.4. The lowest BCUT2D eigenvalue weighted by molar-refractivity contribution is 0.123. The van der Waals surface area contributed by atoms with Gasteiger partial charge in [-0.3, -0.25) is 4.57 Å². The maximum atomic E-state index is 13.6. The SMILES string of the molecule is CCCN(CCOc1c(Cl)cc(Cl)cc1Cl)C(=O)n1ccnc1.OC(COc1ccc(F)cc1F)CSC(c1ccc(Cl)cc1)c1ccc(Cl)cc1. The highest BCUT2D eigenvalue weighted by atomic mass is 35.5. The first-order chi connectivity index (χ1) is 24.9. The molecule has 1 aromatic heterocycles. The predicted octanol–water partition coefficient (Wildman–Crippen LogP) is 11.1. The van der Waals surface area contributed by atoms with Crippen molar-refractivity contribution in [2.45, 2.75) is 24.7 Å². The lowest BCUT2D eigenvalue weighted by Gasteiger charge is -2.22. The minimum absolute atomic E-state index is 0.0539. The molecule has 52 heavy (non-hydrogen) atoms. The molecule has 0 saturated heterocycles. The average Bonchev–Trinajstić information content (AvgIpc) is 3.65. The lowest BCUT2D eigenvalue weighted by atomic mass is 10.0. The third-order valence-corrected chi connectivity index (χ3v) is 9.92. The summed E-state index contributed by atoms with van der Waals surface area (Å²) in [5, 5.41) is 12.6. The van der Waals surface area contributed by atoms with Crippen molar-refractivity contribution in [2.24, 2.45) is 0 Å². The molecule has 7 nitrogen and oxygen atoms in total. The number of carbonyl (C=O) groups is 1. The van der Waals surface area contributed by atoms with Crippen molar-refractivity contribution >= 4 is 75.8 Å². The fourth-order valence-electron chi connectivity index (χ4n) is 4.73. The molecule has 1 N–H and O–H groups in total. The number of hydrogen-bond donors (Lipinski definition) is 1. The van der Waals surface area contributed by atoms with Crippen molar-refractivity contribution < 1.29 is 28.2 Å². The number of carbonyl (C=O) groups excluding carboxylic acids is 1. The molecule has 0 aliphatic heterocycles. The number of thioether (sulfide) groups is 1. The summed E-state index contributed by atoms with van der Waals surface area (Å²) in [5.41, 5.74) is 2.05. The van der Waals surface area contributed by atoms with Gasteiger partial charge in [0.1, 0.15) is 25.4 Å². The van der Waals surface area contributed by atoms with E-state index in [0.717, 1.165) is 29.7 Å². The number of hydrogen-bond acceptors (Lipinski definition) is 6. The summed E-state index contributed by atoms with van der Waals surface area (Å²) >= 11 is 31.5. The fourth-order valence-corrected chi connectivity index (χ4v) is 7.12. The van der Waals surface area contributed by atoms with Crippen molar-refractivity contribution in [1.82, 2.24) is 14.5 Å². The van der Waals surface area contributed by atoms with Crippen LogP contribution in [-0.4, -0.2) is 63.7 Å². The van der Waals surface area contributed by atoms with E-state index in [1.165, 1.54) is 28.7 Å². The Morgan fingerprint density at radius 2 is 1.48 bits per heavy atom. The fraction of sp³-hybridized carbons (Fsp3) is 0.243. The molecular weight excluding hydrogens is 798 g/mol. The molecule has 0 aliphatic rings. The van der Waals surface area contributed by atoms with E-state index in [1.807, 2.05) is 55.5 Å². The number of ether oxygens (including phenoxy) is 2. The van der Waals surface area contributed by atoms with E-state index < -0.39 is 17.7 Å². The van der Waals surface area contributed by atoms with E-state index in [0.29, 0.717) is 49.7 Å². The zero-order chi connectivity index (χ0) is 37.6. The minimum Gasteiger partial charge on any atom is -0.489 e. The van der Waals surface area contributed by atoms with Crippen LogP contribution in [0.3, 0.4) is 0 Å². The molecule has 0 spiro atoms. The van der Waals surface area contributed by atoms with Crippen LogP contribution < -0.4 is 9.47 Å². The molecule has 1 atom stereocenters. The van der Waals surface area contributed by atoms with Gasteiger partial charge in [0.15, 0.2) is 17.3 Å². The number of rotatable bonds is 14. The Balaban J connectivity index is 0.000000239. The molecule has 1 unspecified atom stereocenters. The topological polar surface area (TPSA) is 76.8 Å². The third kappa shape index (κ3) is 12.7. The normalized spacial score (nSPS) is 11.5. The van der Waals surface area contributed by atoms with Crippen LogP contribution in [0.2, 0.25) is 25.1 Å². The number of benzene rings is 4. The Kier molecular flexibility index (Phi) is 16.7. The molecule has 5 rings (SSSR count). The molecule has 1 heterocycles. The van der Waals surface area contributed by atoms with Gasteiger partial charge in [0, 0.05) is 45.8 Å². The number of halogens is 7. The summed E-state index contributed by atoms with van der Waals surface area (Å²) in [6.07, 6.45) is 4.64. The number of aliphatic hydroxyl groups excluding tert-OH is 1. The zero-order valence-electron chi connectivity index (χ0n) is 27.7.